The molecule has 0 spiro atoms. The van der Waals surface area contributed by atoms with E-state index in [4.69, 9.17) is 24.1 Å². The van der Waals surface area contributed by atoms with E-state index in [0.29, 0.717) is 0 Å². The molecule has 2 saturated heterocycles. The van der Waals surface area contributed by atoms with Gasteiger partial charge in [-0.25, -0.2) is 4.79 Å². The second-order valence-corrected chi connectivity index (χ2v) is 11.1. The summed E-state index contributed by atoms with van der Waals surface area (Å²) in [4.78, 5) is 35.9. The number of hydrogen-bond acceptors (Lipinski definition) is 19. The van der Waals surface area contributed by atoms with Crippen LogP contribution < -0.4 is 10.6 Å². The van der Waals surface area contributed by atoms with E-state index in [1.165, 1.54) is 0 Å². The van der Waals surface area contributed by atoms with Gasteiger partial charge in [-0.2, -0.15) is 0 Å². The molecule has 274 valence electrons. The summed E-state index contributed by atoms with van der Waals surface area (Å²) < 4.78 is 21.8. The number of nitrogens with one attached hydrogen (secondary N) is 2. The summed E-state index contributed by atoms with van der Waals surface area (Å²) in [7, 11) is 0. The Labute approximate surface area is 266 Å². The molecule has 2 amide bonds. The fraction of sp³-hybridized carbons (Fsp3) is 0.880. The molecule has 15 atom stereocenters. The Balaban J connectivity index is 2.38. The molecule has 47 heavy (non-hydrogen) atoms. The van der Waals surface area contributed by atoms with Crippen LogP contribution in [0.15, 0.2) is 0 Å². The molecule has 2 heterocycles. The van der Waals surface area contributed by atoms with Crippen molar-refractivity contribution in [3.8, 4) is 0 Å². The lowest BCUT2D eigenvalue weighted by Crippen LogP contribution is -2.69. The zero-order chi connectivity index (χ0) is 35.8. The Hall–Kier alpha value is -2.23. The van der Waals surface area contributed by atoms with Gasteiger partial charge in [-0.05, 0) is 0 Å². The van der Waals surface area contributed by atoms with Crippen LogP contribution in [0.3, 0.4) is 0 Å². The quantitative estimate of drug-likeness (QED) is 0.0672. The normalized spacial score (nSPS) is 35.2. The molecule has 0 aromatic rings. The molecule has 0 aliphatic carbocycles. The second kappa shape index (κ2) is 18.0. The standard InChI is InChI=1S/C25H44N2O20/c1-8(32)26-9(3-28)21(16(37)11(34)4-29)46-23-20(41)19(40)18(39)13(45-23)7-44-25(24(42)43)2-10(33)15(27-14(36)6-31)22(47-25)17(38)12(35)5-30/h9-13,15-23,28-31,33-35,37-41H,2-7H2,1H3,(H,26,32)(H,27,36)(H,42,43)/t9-,10-,11+,12+,13+,15+,16-,17+,18-,19-,20+,21+,22+,23+,25+/m0/s1. The fourth-order valence-electron chi connectivity index (χ4n) is 5.05. The Morgan fingerprint density at radius 2 is 1.53 bits per heavy atom. The van der Waals surface area contributed by atoms with E-state index in [1.54, 1.807) is 0 Å². The second-order valence-electron chi connectivity index (χ2n) is 11.1. The van der Waals surface area contributed by atoms with Crippen molar-refractivity contribution in [3.05, 3.63) is 0 Å². The van der Waals surface area contributed by atoms with Gasteiger partial charge >= 0.3 is 5.97 Å². The molecule has 0 aromatic heterocycles. The molecule has 2 aliphatic rings. The van der Waals surface area contributed by atoms with Gasteiger partial charge in [-0.15, -0.1) is 0 Å². The smallest absolute Gasteiger partial charge is 0.364 e. The highest BCUT2D eigenvalue weighted by molar-refractivity contribution is 5.78. The summed E-state index contributed by atoms with van der Waals surface area (Å²) in [5.41, 5.74) is 0. The largest absolute Gasteiger partial charge is 0.477 e. The first-order chi connectivity index (χ1) is 22.0. The number of carboxylic acid groups (broad SMARTS) is 1. The topological polar surface area (TPSA) is 375 Å². The van der Waals surface area contributed by atoms with Gasteiger partial charge in [-0.1, -0.05) is 0 Å². The highest BCUT2D eigenvalue weighted by Gasteiger charge is 2.57. The van der Waals surface area contributed by atoms with Gasteiger partial charge in [0.1, 0.15) is 67.6 Å². The Bertz CT molecular complexity index is 1030. The number of carbonyl (C=O) groups is 3. The third-order valence-electron chi connectivity index (χ3n) is 7.63. The molecule has 2 fully saturated rings. The van der Waals surface area contributed by atoms with E-state index in [2.05, 4.69) is 10.6 Å². The van der Waals surface area contributed by atoms with Crippen LogP contribution in [0, 0.1) is 0 Å². The van der Waals surface area contributed by atoms with Gasteiger partial charge in [0.25, 0.3) is 5.79 Å². The van der Waals surface area contributed by atoms with Crippen molar-refractivity contribution >= 4 is 17.8 Å². The van der Waals surface area contributed by atoms with Crippen LogP contribution >= 0.6 is 0 Å². The van der Waals surface area contributed by atoms with Crippen molar-refractivity contribution in [2.75, 3.05) is 33.0 Å². The summed E-state index contributed by atoms with van der Waals surface area (Å²) in [6.07, 6.45) is -25.0. The first kappa shape index (κ1) is 40.9. The minimum atomic E-state index is -2.93. The van der Waals surface area contributed by atoms with Gasteiger partial charge in [-0.3, -0.25) is 9.59 Å². The van der Waals surface area contributed by atoms with Crippen LogP contribution in [-0.2, 0) is 33.3 Å². The maximum atomic E-state index is 12.4. The van der Waals surface area contributed by atoms with E-state index < -0.39 is 149 Å². The molecule has 22 nitrogen and oxygen atoms in total. The molecule has 0 unspecified atom stereocenters. The summed E-state index contributed by atoms with van der Waals surface area (Å²) in [5, 5.41) is 135. The van der Waals surface area contributed by atoms with Gasteiger partial charge in [0, 0.05) is 13.3 Å². The van der Waals surface area contributed by atoms with Crippen molar-refractivity contribution in [1.29, 1.82) is 0 Å². The monoisotopic (exact) mass is 692 g/mol. The Morgan fingerprint density at radius 1 is 0.915 bits per heavy atom. The average molecular weight is 693 g/mol. The van der Waals surface area contributed by atoms with Crippen LogP contribution in [-0.4, -0.2) is 209 Å². The van der Waals surface area contributed by atoms with Crippen molar-refractivity contribution < 1.29 is 99.7 Å². The summed E-state index contributed by atoms with van der Waals surface area (Å²) in [6.45, 7) is -4.13. The molecule has 2 rings (SSSR count). The van der Waals surface area contributed by atoms with E-state index in [9.17, 15) is 75.7 Å². The van der Waals surface area contributed by atoms with Crippen molar-refractivity contribution in [2.24, 2.45) is 0 Å². The van der Waals surface area contributed by atoms with E-state index in [-0.39, 0.29) is 0 Å². The Kier molecular flexibility index (Phi) is 15.6. The average Bonchev–Trinajstić information content (AvgIpc) is 3.04. The number of carboxylic acids is 1. The molecular formula is C25H44N2O20. The maximum Gasteiger partial charge on any atom is 0.364 e. The van der Waals surface area contributed by atoms with Gasteiger partial charge in [0.15, 0.2) is 6.29 Å². The first-order valence-electron chi connectivity index (χ1n) is 14.3. The molecule has 0 saturated carbocycles. The zero-order valence-corrected chi connectivity index (χ0v) is 25.0. The summed E-state index contributed by atoms with van der Waals surface area (Å²) >= 11 is 0. The lowest BCUT2D eigenvalue weighted by atomic mass is 9.88. The minimum absolute atomic E-state index is 0.739. The number of aliphatic hydroxyl groups is 12. The van der Waals surface area contributed by atoms with Crippen molar-refractivity contribution in [1.82, 2.24) is 10.6 Å². The number of carbonyl (C=O) groups excluding carboxylic acids is 2. The first-order valence-corrected chi connectivity index (χ1v) is 14.3. The van der Waals surface area contributed by atoms with E-state index in [0.717, 1.165) is 6.92 Å². The van der Waals surface area contributed by atoms with E-state index in [1.807, 2.05) is 0 Å². The molecular weight excluding hydrogens is 648 g/mol. The number of amides is 2. The third-order valence-corrected chi connectivity index (χ3v) is 7.63. The minimum Gasteiger partial charge on any atom is -0.477 e. The predicted molar refractivity (Wildman–Crippen MR) is 145 cm³/mol. The number of rotatable bonds is 17. The zero-order valence-electron chi connectivity index (χ0n) is 25.0. The highest BCUT2D eigenvalue weighted by Crippen LogP contribution is 2.35. The van der Waals surface area contributed by atoms with Gasteiger partial charge in [0.2, 0.25) is 11.8 Å². The lowest BCUT2D eigenvalue weighted by molar-refractivity contribution is -0.346. The molecule has 0 radical (unpaired) electrons. The number of ether oxygens (including phenoxy) is 4. The van der Waals surface area contributed by atoms with Crippen molar-refractivity contribution in [2.45, 2.75) is 105 Å². The Morgan fingerprint density at radius 3 is 2.04 bits per heavy atom. The van der Waals surface area contributed by atoms with Gasteiger partial charge < -0.3 is 96.0 Å². The van der Waals surface area contributed by atoms with Gasteiger partial charge in [0.05, 0.1) is 44.6 Å². The molecule has 0 aromatic carbocycles. The number of hydrogen-bond donors (Lipinski definition) is 15. The van der Waals surface area contributed by atoms with Crippen LogP contribution in [0.5, 0.6) is 0 Å². The van der Waals surface area contributed by atoms with Crippen LogP contribution in [0.25, 0.3) is 0 Å². The predicted octanol–water partition coefficient (Wildman–Crippen LogP) is -9.47. The number of aliphatic hydroxyl groups excluding tert-OH is 12. The van der Waals surface area contributed by atoms with Crippen LogP contribution in [0.2, 0.25) is 0 Å². The molecule has 22 heteroatoms. The molecule has 2 aliphatic heterocycles. The fourth-order valence-corrected chi connectivity index (χ4v) is 5.05. The SMILES string of the molecule is CC(=O)N[C@@H](CO)[C@@H](O[C@H]1O[C@H](CO[C@]2(C(=O)O)C[C@H](O)[C@@H](NC(=O)CO)[C@H]([C@H](O)[C@H](O)CO)O2)[C@H](O)[C@H](O)[C@H]1O)[C@@H](O)[C@H](O)CO. The van der Waals surface area contributed by atoms with E-state index >= 15 is 0 Å². The van der Waals surface area contributed by atoms with Crippen molar-refractivity contribution in [3.63, 3.8) is 0 Å². The third kappa shape index (κ3) is 9.91. The maximum absolute atomic E-state index is 12.4. The lowest BCUT2D eigenvalue weighted by Gasteiger charge is -2.47. The van der Waals surface area contributed by atoms with Crippen LogP contribution in [0.1, 0.15) is 13.3 Å². The summed E-state index contributed by atoms with van der Waals surface area (Å²) in [6, 6.07) is -3.16. The highest BCUT2D eigenvalue weighted by atomic mass is 16.7. The number of aliphatic carboxylic acids is 1. The summed E-state index contributed by atoms with van der Waals surface area (Å²) in [5.74, 6) is -6.71. The molecule has 0 bridgehead atoms. The van der Waals surface area contributed by atoms with Crippen LogP contribution in [0.4, 0.5) is 0 Å². The molecule has 15 N–H and O–H groups in total.